The van der Waals surface area contributed by atoms with E-state index in [4.69, 9.17) is 20.8 Å². The highest BCUT2D eigenvalue weighted by atomic mass is 35.5. The van der Waals surface area contributed by atoms with Crippen LogP contribution < -0.4 is 10.1 Å². The third-order valence-corrected chi connectivity index (χ3v) is 6.01. The van der Waals surface area contributed by atoms with Crippen molar-refractivity contribution in [3.8, 4) is 5.75 Å². The third-order valence-electron chi connectivity index (χ3n) is 5.78. The lowest BCUT2D eigenvalue weighted by Crippen LogP contribution is -2.45. The van der Waals surface area contributed by atoms with Crippen LogP contribution in [0.2, 0.25) is 5.02 Å². The van der Waals surface area contributed by atoms with Crippen molar-refractivity contribution >= 4 is 28.5 Å². The number of hydrogen-bond acceptors (Lipinski definition) is 3. The van der Waals surface area contributed by atoms with E-state index in [0.717, 1.165) is 34.3 Å². The fraction of sp³-hybridized carbons (Fsp3) is 0.208. The summed E-state index contributed by atoms with van der Waals surface area (Å²) in [5.74, 6) is 1.49. The fourth-order valence-corrected chi connectivity index (χ4v) is 4.46. The number of methoxy groups -OCH3 is 1. The average Bonchev–Trinajstić information content (AvgIpc) is 3.44. The first-order valence-corrected chi connectivity index (χ1v) is 10.5. The zero-order chi connectivity index (χ0) is 21.4. The molecule has 6 nitrogen and oxygen atoms in total. The topological polar surface area (TPSA) is 70.5 Å². The van der Waals surface area contributed by atoms with Crippen LogP contribution in [0.1, 0.15) is 28.6 Å². The van der Waals surface area contributed by atoms with Gasteiger partial charge in [0.05, 0.1) is 26.0 Å². The summed E-state index contributed by atoms with van der Waals surface area (Å²) in [5, 5.41) is 4.80. The quantitative estimate of drug-likeness (QED) is 0.458. The van der Waals surface area contributed by atoms with Crippen LogP contribution >= 0.6 is 11.6 Å². The zero-order valence-electron chi connectivity index (χ0n) is 17.0. The molecule has 1 aliphatic heterocycles. The van der Waals surface area contributed by atoms with E-state index in [2.05, 4.69) is 10.3 Å². The molecule has 0 radical (unpaired) electrons. The fourth-order valence-electron chi connectivity index (χ4n) is 4.29. The summed E-state index contributed by atoms with van der Waals surface area (Å²) in [6, 6.07) is 17.0. The Morgan fingerprint density at radius 1 is 1.26 bits per heavy atom. The first-order chi connectivity index (χ1) is 15.1. The molecule has 158 valence electrons. The molecule has 0 saturated heterocycles. The van der Waals surface area contributed by atoms with Crippen molar-refractivity contribution in [1.82, 2.24) is 15.2 Å². The van der Waals surface area contributed by atoms with Gasteiger partial charge in [0.2, 0.25) is 0 Å². The van der Waals surface area contributed by atoms with Gasteiger partial charge in [-0.2, -0.15) is 0 Å². The number of nitrogens with one attached hydrogen (secondary N) is 2. The summed E-state index contributed by atoms with van der Waals surface area (Å²) < 4.78 is 10.7. The number of H-pyrrole nitrogens is 1. The molecule has 0 saturated carbocycles. The van der Waals surface area contributed by atoms with Gasteiger partial charge >= 0.3 is 6.03 Å². The number of carbonyl (C=O) groups excluding carboxylic acids is 1. The average molecular weight is 436 g/mol. The van der Waals surface area contributed by atoms with Gasteiger partial charge in [-0.25, -0.2) is 4.79 Å². The number of amides is 2. The summed E-state index contributed by atoms with van der Waals surface area (Å²) in [7, 11) is 1.64. The highest BCUT2D eigenvalue weighted by molar-refractivity contribution is 6.31. The van der Waals surface area contributed by atoms with Gasteiger partial charge in [0.1, 0.15) is 11.5 Å². The van der Waals surface area contributed by atoms with Crippen molar-refractivity contribution in [2.24, 2.45) is 0 Å². The van der Waals surface area contributed by atoms with Crippen molar-refractivity contribution in [2.45, 2.75) is 19.0 Å². The summed E-state index contributed by atoms with van der Waals surface area (Å²) in [5.41, 5.74) is 4.24. The van der Waals surface area contributed by atoms with Crippen LogP contribution in [-0.2, 0) is 13.0 Å². The van der Waals surface area contributed by atoms with Crippen molar-refractivity contribution in [3.05, 3.63) is 88.5 Å². The van der Waals surface area contributed by atoms with E-state index >= 15 is 0 Å². The van der Waals surface area contributed by atoms with E-state index in [-0.39, 0.29) is 12.1 Å². The molecule has 7 heteroatoms. The number of fused-ring (bicyclic) bond motifs is 3. The number of rotatable bonds is 4. The molecule has 2 aromatic carbocycles. The number of carbonyl (C=O) groups is 1. The molecule has 1 atom stereocenters. The predicted molar refractivity (Wildman–Crippen MR) is 119 cm³/mol. The smallest absolute Gasteiger partial charge is 0.318 e. The molecule has 0 unspecified atom stereocenters. The second kappa shape index (κ2) is 8.04. The van der Waals surface area contributed by atoms with Gasteiger partial charge in [0, 0.05) is 28.2 Å². The minimum atomic E-state index is -0.252. The highest BCUT2D eigenvalue weighted by Crippen LogP contribution is 2.39. The minimum absolute atomic E-state index is 0.139. The van der Waals surface area contributed by atoms with Gasteiger partial charge in [0.15, 0.2) is 0 Å². The van der Waals surface area contributed by atoms with Crippen molar-refractivity contribution in [1.29, 1.82) is 0 Å². The summed E-state index contributed by atoms with van der Waals surface area (Å²) >= 11 is 6.26. The number of benzene rings is 2. The molecule has 2 N–H and O–H groups in total. The van der Waals surface area contributed by atoms with Gasteiger partial charge in [0.25, 0.3) is 0 Å². The lowest BCUT2D eigenvalue weighted by molar-refractivity contribution is 0.178. The standard InChI is InChI=1S/C24H22ClN3O3/c1-30-17-7-4-15(5-8-17)23-22-19(20-13-16(25)6-9-21(20)27-22)10-11-28(23)24(29)26-14-18-3-2-12-31-18/h2-9,12-13,23,27H,10-11,14H2,1H3,(H,26,29)/t23-/m1/s1. The highest BCUT2D eigenvalue weighted by Gasteiger charge is 2.34. The summed E-state index contributed by atoms with van der Waals surface area (Å²) in [4.78, 5) is 18.6. The lowest BCUT2D eigenvalue weighted by Gasteiger charge is -2.36. The van der Waals surface area contributed by atoms with Crippen LogP contribution in [0.25, 0.3) is 10.9 Å². The van der Waals surface area contributed by atoms with Crippen LogP contribution in [0.15, 0.2) is 65.3 Å². The zero-order valence-corrected chi connectivity index (χ0v) is 17.8. The first kappa shape index (κ1) is 19.6. The second-order valence-electron chi connectivity index (χ2n) is 7.56. The number of urea groups is 1. The molecule has 4 aromatic rings. The molecule has 1 aliphatic rings. The Labute approximate surface area is 184 Å². The van der Waals surface area contributed by atoms with E-state index in [9.17, 15) is 4.79 Å². The minimum Gasteiger partial charge on any atom is -0.497 e. The van der Waals surface area contributed by atoms with Crippen LogP contribution in [0, 0.1) is 0 Å². The molecule has 0 spiro atoms. The van der Waals surface area contributed by atoms with Crippen LogP contribution in [-0.4, -0.2) is 29.6 Å². The number of nitrogens with zero attached hydrogens (tertiary/aromatic N) is 1. The van der Waals surface area contributed by atoms with Crippen molar-refractivity contribution < 1.29 is 13.9 Å². The summed E-state index contributed by atoms with van der Waals surface area (Å²) in [6.07, 6.45) is 2.35. The first-order valence-electron chi connectivity index (χ1n) is 10.1. The second-order valence-corrected chi connectivity index (χ2v) is 8.00. The SMILES string of the molecule is COc1ccc([C@@H]2c3[nH]c4ccc(Cl)cc4c3CCN2C(=O)NCc2ccco2)cc1. The van der Waals surface area contributed by atoms with Gasteiger partial charge in [-0.1, -0.05) is 23.7 Å². The number of halogens is 1. The number of furan rings is 1. The van der Waals surface area contributed by atoms with E-state index in [1.54, 1.807) is 13.4 Å². The Hall–Kier alpha value is -3.38. The molecule has 0 bridgehead atoms. The molecular weight excluding hydrogens is 414 g/mol. The molecule has 0 fully saturated rings. The largest absolute Gasteiger partial charge is 0.497 e. The Morgan fingerprint density at radius 3 is 2.84 bits per heavy atom. The number of hydrogen-bond donors (Lipinski definition) is 2. The monoisotopic (exact) mass is 435 g/mol. The maximum absolute atomic E-state index is 13.2. The van der Waals surface area contributed by atoms with Gasteiger partial charge in [-0.3, -0.25) is 0 Å². The van der Waals surface area contributed by atoms with Gasteiger partial charge in [-0.15, -0.1) is 0 Å². The number of aromatic amines is 1. The molecule has 2 aromatic heterocycles. The molecule has 31 heavy (non-hydrogen) atoms. The lowest BCUT2D eigenvalue weighted by atomic mass is 9.92. The van der Waals surface area contributed by atoms with Crippen molar-refractivity contribution in [3.63, 3.8) is 0 Å². The van der Waals surface area contributed by atoms with E-state index in [0.29, 0.717) is 23.9 Å². The summed E-state index contributed by atoms with van der Waals surface area (Å²) in [6.45, 7) is 0.931. The van der Waals surface area contributed by atoms with E-state index in [1.165, 1.54) is 5.56 Å². The Balaban J connectivity index is 1.54. The van der Waals surface area contributed by atoms with E-state index in [1.807, 2.05) is 59.5 Å². The van der Waals surface area contributed by atoms with Crippen molar-refractivity contribution in [2.75, 3.05) is 13.7 Å². The Morgan fingerprint density at radius 2 is 2.10 bits per heavy atom. The maximum Gasteiger partial charge on any atom is 0.318 e. The molecule has 5 rings (SSSR count). The van der Waals surface area contributed by atoms with Crippen LogP contribution in [0.4, 0.5) is 4.79 Å². The molecule has 0 aliphatic carbocycles. The van der Waals surface area contributed by atoms with Gasteiger partial charge in [-0.05, 0) is 60.0 Å². The molecule has 2 amide bonds. The van der Waals surface area contributed by atoms with E-state index < -0.39 is 0 Å². The Bertz CT molecular complexity index is 1220. The Kier molecular flexibility index (Phi) is 5.08. The molecule has 3 heterocycles. The number of ether oxygens (including phenoxy) is 1. The van der Waals surface area contributed by atoms with Crippen LogP contribution in [0.5, 0.6) is 5.75 Å². The number of aromatic nitrogens is 1. The maximum atomic E-state index is 13.2. The third kappa shape index (κ3) is 3.64. The predicted octanol–water partition coefficient (Wildman–Crippen LogP) is 5.28. The normalized spacial score (nSPS) is 15.7. The van der Waals surface area contributed by atoms with Gasteiger partial charge < -0.3 is 24.4 Å². The van der Waals surface area contributed by atoms with Crippen LogP contribution in [0.3, 0.4) is 0 Å². The molecular formula is C24H22ClN3O3.